The summed E-state index contributed by atoms with van der Waals surface area (Å²) in [6.07, 6.45) is -5.80. The van der Waals surface area contributed by atoms with Crippen LogP contribution in [-0.2, 0) is 6.18 Å². The van der Waals surface area contributed by atoms with Crippen LogP contribution < -0.4 is 0 Å². The van der Waals surface area contributed by atoms with E-state index < -0.39 is 30.0 Å². The van der Waals surface area contributed by atoms with Gasteiger partial charge in [0.15, 0.2) is 0 Å². The van der Waals surface area contributed by atoms with E-state index in [1.807, 2.05) is 0 Å². The first-order chi connectivity index (χ1) is 6.25. The van der Waals surface area contributed by atoms with Crippen molar-refractivity contribution >= 4 is 0 Å². The molecule has 0 fully saturated rings. The van der Waals surface area contributed by atoms with Crippen molar-refractivity contribution in [2.75, 3.05) is 0 Å². The van der Waals surface area contributed by atoms with E-state index in [0.29, 0.717) is 0 Å². The molecule has 0 saturated heterocycles. The zero-order chi connectivity index (χ0) is 11.1. The van der Waals surface area contributed by atoms with E-state index >= 15 is 0 Å². The highest BCUT2D eigenvalue weighted by Gasteiger charge is 2.30. The molecule has 4 heteroatoms. The van der Waals surface area contributed by atoms with Gasteiger partial charge in [0, 0.05) is 11.9 Å². The minimum absolute atomic E-state index is 0.0481. The van der Waals surface area contributed by atoms with Crippen LogP contribution in [0.25, 0.3) is 0 Å². The molecule has 0 aliphatic heterocycles. The maximum Gasteiger partial charge on any atom is 0.417 e. The van der Waals surface area contributed by atoms with E-state index in [-0.39, 0.29) is 5.69 Å². The fraction of sp³-hybridized carbons (Fsp3) is 0.286. The highest BCUT2D eigenvalue weighted by Crippen LogP contribution is 2.28. The monoisotopic (exact) mass is 164 g/mol. The van der Waals surface area contributed by atoms with Crippen molar-refractivity contribution in [3.05, 3.63) is 29.5 Å². The molecular weight excluding hydrogens is 155 g/mol. The van der Waals surface area contributed by atoms with E-state index in [2.05, 4.69) is 4.98 Å². The van der Waals surface area contributed by atoms with Gasteiger partial charge in [-0.15, -0.1) is 0 Å². The smallest absolute Gasteiger partial charge is 0.261 e. The zero-order valence-corrected chi connectivity index (χ0v) is 5.58. The maximum absolute atomic E-state index is 12.3. The number of halogens is 3. The number of hydrogen-bond donors (Lipinski definition) is 0. The van der Waals surface area contributed by atoms with Gasteiger partial charge in [0.1, 0.15) is 0 Å². The van der Waals surface area contributed by atoms with Crippen LogP contribution >= 0.6 is 0 Å². The lowest BCUT2D eigenvalue weighted by Gasteiger charge is -2.04. The van der Waals surface area contributed by atoms with Crippen LogP contribution in [0.5, 0.6) is 0 Å². The highest BCUT2D eigenvalue weighted by atomic mass is 19.4. The van der Waals surface area contributed by atoms with Crippen molar-refractivity contribution in [3.63, 3.8) is 0 Å². The number of alkyl halides is 3. The summed E-state index contributed by atoms with van der Waals surface area (Å²) in [4.78, 5) is 3.24. The molecule has 1 rings (SSSR count). The Morgan fingerprint density at radius 3 is 2.64 bits per heavy atom. The topological polar surface area (TPSA) is 12.9 Å². The summed E-state index contributed by atoms with van der Waals surface area (Å²) >= 11 is 0. The predicted molar refractivity (Wildman–Crippen MR) is 34.0 cm³/mol. The van der Waals surface area contributed by atoms with Crippen molar-refractivity contribution in [2.24, 2.45) is 0 Å². The maximum atomic E-state index is 12.3. The van der Waals surface area contributed by atoms with Gasteiger partial charge in [0.25, 0.3) is 0 Å². The molecule has 0 N–H and O–H groups in total. The average molecular weight is 164 g/mol. The standard InChI is InChI=1S/C7H6F3N/c1-5-2-3-6(4-11-5)7(8,9)10/h2-4H,1H3/i2D,3D,4D. The summed E-state index contributed by atoms with van der Waals surface area (Å²) in [6.45, 7) is 1.29. The Labute approximate surface area is 66.1 Å². The van der Waals surface area contributed by atoms with Crippen LogP contribution in [0.2, 0.25) is 0 Å². The second kappa shape index (κ2) is 2.53. The van der Waals surface area contributed by atoms with Gasteiger partial charge in [-0.25, -0.2) is 0 Å². The normalized spacial score (nSPS) is 15.5. The first-order valence-electron chi connectivity index (χ1n) is 4.26. The summed E-state index contributed by atoms with van der Waals surface area (Å²) in [5.41, 5.74) is -1.50. The van der Waals surface area contributed by atoms with E-state index in [0.717, 1.165) is 0 Å². The van der Waals surface area contributed by atoms with E-state index in [1.165, 1.54) is 6.92 Å². The van der Waals surface area contributed by atoms with Gasteiger partial charge in [0.2, 0.25) is 0 Å². The number of nitrogens with zero attached hydrogens (tertiary/aromatic N) is 1. The van der Waals surface area contributed by atoms with Crippen LogP contribution in [-0.4, -0.2) is 4.98 Å². The van der Waals surface area contributed by atoms with Crippen molar-refractivity contribution in [2.45, 2.75) is 13.1 Å². The summed E-state index contributed by atoms with van der Waals surface area (Å²) in [7, 11) is 0. The van der Waals surface area contributed by atoms with Crippen molar-refractivity contribution < 1.29 is 17.3 Å². The molecule has 0 amide bonds. The first-order valence-corrected chi connectivity index (χ1v) is 2.76. The lowest BCUT2D eigenvalue weighted by atomic mass is 10.2. The van der Waals surface area contributed by atoms with Crippen molar-refractivity contribution in [1.29, 1.82) is 0 Å². The second-order valence-corrected chi connectivity index (χ2v) is 1.93. The molecule has 0 aliphatic carbocycles. The third-order valence-corrected chi connectivity index (χ3v) is 0.987. The lowest BCUT2D eigenvalue weighted by Crippen LogP contribution is -2.05. The van der Waals surface area contributed by atoms with Crippen LogP contribution in [0.1, 0.15) is 15.4 Å². The number of rotatable bonds is 0. The molecular formula is C7H6F3N. The Balaban J connectivity index is 3.53. The molecule has 0 aliphatic rings. The lowest BCUT2D eigenvalue weighted by molar-refractivity contribution is -0.137. The number of aromatic nitrogens is 1. The molecule has 0 radical (unpaired) electrons. The molecule has 0 saturated carbocycles. The molecule has 1 aromatic rings. The number of hydrogen-bond acceptors (Lipinski definition) is 1. The number of aryl methyl sites for hydroxylation is 1. The third-order valence-electron chi connectivity index (χ3n) is 0.987. The molecule has 1 heterocycles. The molecule has 1 aromatic heterocycles. The largest absolute Gasteiger partial charge is 0.417 e. The van der Waals surface area contributed by atoms with Crippen LogP contribution in [0.3, 0.4) is 0 Å². The van der Waals surface area contributed by atoms with E-state index in [1.54, 1.807) is 0 Å². The minimum atomic E-state index is -4.80. The summed E-state index contributed by atoms with van der Waals surface area (Å²) in [5.74, 6) is 0. The fourth-order valence-electron chi connectivity index (χ4n) is 0.483. The Morgan fingerprint density at radius 1 is 1.45 bits per heavy atom. The number of pyridine rings is 1. The SMILES string of the molecule is [2H]c1nc(C)c([2H])c([2H])c1C(F)(F)F. The Hall–Kier alpha value is -1.06. The van der Waals surface area contributed by atoms with E-state index in [4.69, 9.17) is 4.11 Å². The third kappa shape index (κ3) is 1.93. The molecule has 0 unspecified atom stereocenters. The quantitative estimate of drug-likeness (QED) is 0.573. The van der Waals surface area contributed by atoms with Gasteiger partial charge in [-0.3, -0.25) is 4.98 Å². The highest BCUT2D eigenvalue weighted by molar-refractivity contribution is 5.15. The Morgan fingerprint density at radius 2 is 2.09 bits per heavy atom. The van der Waals surface area contributed by atoms with Crippen molar-refractivity contribution in [3.8, 4) is 0 Å². The molecule has 0 aromatic carbocycles. The predicted octanol–water partition coefficient (Wildman–Crippen LogP) is 2.41. The van der Waals surface area contributed by atoms with Crippen molar-refractivity contribution in [1.82, 2.24) is 4.98 Å². The molecule has 60 valence electrons. The van der Waals surface area contributed by atoms with Crippen LogP contribution in [0.4, 0.5) is 13.2 Å². The second-order valence-electron chi connectivity index (χ2n) is 1.93. The summed E-state index contributed by atoms with van der Waals surface area (Å²) in [6, 6.07) is -1.58. The Kier molecular flexibility index (Phi) is 1.09. The van der Waals surface area contributed by atoms with Gasteiger partial charge < -0.3 is 0 Å². The molecule has 11 heavy (non-hydrogen) atoms. The first kappa shape index (κ1) is 4.74. The van der Waals surface area contributed by atoms with Gasteiger partial charge >= 0.3 is 6.18 Å². The molecule has 1 nitrogen and oxygen atoms in total. The van der Waals surface area contributed by atoms with Crippen LogP contribution in [0.15, 0.2) is 18.3 Å². The average Bonchev–Trinajstić information content (AvgIpc) is 1.97. The zero-order valence-electron chi connectivity index (χ0n) is 8.58. The van der Waals surface area contributed by atoms with Gasteiger partial charge in [-0.2, -0.15) is 13.2 Å². The van der Waals surface area contributed by atoms with Gasteiger partial charge in [0.05, 0.1) is 9.68 Å². The molecule has 0 atom stereocenters. The van der Waals surface area contributed by atoms with Gasteiger partial charge in [-0.1, -0.05) is 0 Å². The summed E-state index contributed by atoms with van der Waals surface area (Å²) in [5, 5.41) is 0. The molecule has 0 bridgehead atoms. The van der Waals surface area contributed by atoms with E-state index in [9.17, 15) is 13.2 Å². The van der Waals surface area contributed by atoms with Crippen LogP contribution in [0, 0.1) is 6.92 Å². The fourth-order valence-corrected chi connectivity index (χ4v) is 0.483. The summed E-state index contributed by atoms with van der Waals surface area (Å²) < 4.78 is 57.9. The Bertz CT molecular complexity index is 375. The minimum Gasteiger partial charge on any atom is -0.261 e. The molecule has 0 spiro atoms. The van der Waals surface area contributed by atoms with Gasteiger partial charge in [-0.05, 0) is 19.0 Å².